The predicted octanol–water partition coefficient (Wildman–Crippen LogP) is 3.34. The highest BCUT2D eigenvalue weighted by Gasteiger charge is 2.19. The molecule has 0 saturated heterocycles. The molecule has 3 aromatic rings. The van der Waals surface area contributed by atoms with E-state index in [1.807, 2.05) is 56.4 Å². The van der Waals surface area contributed by atoms with Gasteiger partial charge in [0.1, 0.15) is 0 Å². The summed E-state index contributed by atoms with van der Waals surface area (Å²) in [5.74, 6) is 0. The second kappa shape index (κ2) is 5.68. The fourth-order valence-corrected chi connectivity index (χ4v) is 2.51. The van der Waals surface area contributed by atoms with Crippen molar-refractivity contribution in [2.24, 2.45) is 0 Å². The third-order valence-electron chi connectivity index (χ3n) is 3.44. The summed E-state index contributed by atoms with van der Waals surface area (Å²) in [6.07, 6.45) is 2.84. The molecule has 3 heterocycles. The van der Waals surface area contributed by atoms with E-state index in [4.69, 9.17) is 4.74 Å². The van der Waals surface area contributed by atoms with Crippen molar-refractivity contribution >= 4 is 5.52 Å². The summed E-state index contributed by atoms with van der Waals surface area (Å²) in [5, 5.41) is 10.3. The molecule has 0 spiro atoms. The van der Waals surface area contributed by atoms with E-state index >= 15 is 0 Å². The van der Waals surface area contributed by atoms with Gasteiger partial charge >= 0.3 is 0 Å². The van der Waals surface area contributed by atoms with Crippen LogP contribution in [-0.4, -0.2) is 21.1 Å². The molecule has 0 aromatic carbocycles. The first kappa shape index (κ1) is 13.8. The molecular weight excluding hydrogens is 264 g/mol. The number of hydrogen-bond donors (Lipinski definition) is 1. The van der Waals surface area contributed by atoms with E-state index < -0.39 is 6.29 Å². The van der Waals surface area contributed by atoms with Crippen molar-refractivity contribution in [3.8, 4) is 11.4 Å². The summed E-state index contributed by atoms with van der Waals surface area (Å²) in [6, 6.07) is 11.8. The Kier molecular flexibility index (Phi) is 3.73. The van der Waals surface area contributed by atoms with Crippen LogP contribution < -0.4 is 0 Å². The average molecular weight is 282 g/mol. The molecule has 1 unspecified atom stereocenters. The van der Waals surface area contributed by atoms with E-state index in [2.05, 4.69) is 9.38 Å². The molecule has 0 saturated carbocycles. The van der Waals surface area contributed by atoms with E-state index in [0.717, 1.165) is 28.0 Å². The number of aliphatic hydroxyl groups excluding tert-OH is 1. The summed E-state index contributed by atoms with van der Waals surface area (Å²) < 4.78 is 7.42. The number of ether oxygens (including phenoxy) is 1. The Morgan fingerprint density at radius 2 is 2.14 bits per heavy atom. The molecule has 0 radical (unpaired) electrons. The van der Waals surface area contributed by atoms with Gasteiger partial charge in [-0.1, -0.05) is 12.1 Å². The van der Waals surface area contributed by atoms with E-state index in [0.29, 0.717) is 6.61 Å². The van der Waals surface area contributed by atoms with Crippen LogP contribution in [0.2, 0.25) is 0 Å². The standard InChI is InChI=1S/C17H18N2O2/c1-3-21-17(20)14-10-13-8-7-12(2)11-19(13)16(14)15-6-4-5-9-18-15/h4-11,17,20H,3H2,1-2H3. The summed E-state index contributed by atoms with van der Waals surface area (Å²) in [6.45, 7) is 4.36. The molecule has 0 fully saturated rings. The normalized spacial score (nSPS) is 12.7. The molecule has 0 aliphatic carbocycles. The Balaban J connectivity index is 2.26. The lowest BCUT2D eigenvalue weighted by atomic mass is 10.1. The Hall–Kier alpha value is -2.17. The minimum Gasteiger partial charge on any atom is -0.364 e. The Labute approximate surface area is 123 Å². The summed E-state index contributed by atoms with van der Waals surface area (Å²) in [5.41, 5.74) is 4.58. The fraction of sp³-hybridized carbons (Fsp3) is 0.235. The van der Waals surface area contributed by atoms with Crippen LogP contribution in [-0.2, 0) is 4.74 Å². The van der Waals surface area contributed by atoms with Crippen LogP contribution >= 0.6 is 0 Å². The molecule has 0 bridgehead atoms. The SMILES string of the molecule is CCOC(O)c1cc2ccc(C)cn2c1-c1ccccn1. The van der Waals surface area contributed by atoms with Crippen molar-refractivity contribution < 1.29 is 9.84 Å². The Morgan fingerprint density at radius 3 is 2.86 bits per heavy atom. The number of aryl methyl sites for hydroxylation is 1. The van der Waals surface area contributed by atoms with E-state index in [-0.39, 0.29) is 0 Å². The molecule has 21 heavy (non-hydrogen) atoms. The highest BCUT2D eigenvalue weighted by molar-refractivity contribution is 5.69. The molecule has 4 heteroatoms. The highest BCUT2D eigenvalue weighted by Crippen LogP contribution is 2.31. The molecule has 3 rings (SSSR count). The second-order valence-corrected chi connectivity index (χ2v) is 4.97. The van der Waals surface area contributed by atoms with E-state index in [1.54, 1.807) is 6.20 Å². The molecule has 0 amide bonds. The summed E-state index contributed by atoms with van der Waals surface area (Å²) in [4.78, 5) is 4.42. The monoisotopic (exact) mass is 282 g/mol. The van der Waals surface area contributed by atoms with Gasteiger partial charge in [-0.3, -0.25) is 4.98 Å². The van der Waals surface area contributed by atoms with Gasteiger partial charge in [0, 0.05) is 30.1 Å². The quantitative estimate of drug-likeness (QED) is 0.747. The zero-order chi connectivity index (χ0) is 14.8. The van der Waals surface area contributed by atoms with E-state index in [9.17, 15) is 5.11 Å². The number of nitrogens with zero attached hydrogens (tertiary/aromatic N) is 2. The zero-order valence-corrected chi connectivity index (χ0v) is 12.2. The first-order valence-corrected chi connectivity index (χ1v) is 7.03. The predicted molar refractivity (Wildman–Crippen MR) is 82.0 cm³/mol. The maximum Gasteiger partial charge on any atom is 0.183 e. The van der Waals surface area contributed by atoms with Gasteiger partial charge in [0.25, 0.3) is 0 Å². The Bertz CT molecular complexity index is 750. The number of rotatable bonds is 4. The van der Waals surface area contributed by atoms with Crippen LogP contribution in [0.5, 0.6) is 0 Å². The van der Waals surface area contributed by atoms with Crippen molar-refractivity contribution in [1.82, 2.24) is 9.38 Å². The van der Waals surface area contributed by atoms with Gasteiger partial charge in [-0.15, -0.1) is 0 Å². The van der Waals surface area contributed by atoms with Gasteiger partial charge in [0.05, 0.1) is 11.4 Å². The third-order valence-corrected chi connectivity index (χ3v) is 3.44. The number of aliphatic hydroxyl groups is 1. The first-order valence-electron chi connectivity index (χ1n) is 7.03. The van der Waals surface area contributed by atoms with Gasteiger partial charge in [-0.05, 0) is 43.7 Å². The average Bonchev–Trinajstić information content (AvgIpc) is 2.87. The van der Waals surface area contributed by atoms with Crippen LogP contribution in [0.3, 0.4) is 0 Å². The lowest BCUT2D eigenvalue weighted by Crippen LogP contribution is -2.04. The minimum absolute atomic E-state index is 0.452. The molecule has 4 nitrogen and oxygen atoms in total. The van der Waals surface area contributed by atoms with Crippen molar-refractivity contribution in [2.75, 3.05) is 6.61 Å². The highest BCUT2D eigenvalue weighted by atomic mass is 16.6. The third kappa shape index (κ3) is 2.55. The van der Waals surface area contributed by atoms with Crippen LogP contribution in [0.4, 0.5) is 0 Å². The topological polar surface area (TPSA) is 46.8 Å². The van der Waals surface area contributed by atoms with Crippen LogP contribution in [0, 0.1) is 6.92 Å². The molecule has 0 aliphatic rings. The molecule has 1 atom stereocenters. The molecule has 0 aliphatic heterocycles. The maximum absolute atomic E-state index is 10.3. The van der Waals surface area contributed by atoms with Gasteiger partial charge in [0.15, 0.2) is 6.29 Å². The first-order chi connectivity index (χ1) is 10.2. The van der Waals surface area contributed by atoms with Crippen molar-refractivity contribution in [1.29, 1.82) is 0 Å². The number of hydrogen-bond acceptors (Lipinski definition) is 3. The van der Waals surface area contributed by atoms with Crippen molar-refractivity contribution in [3.63, 3.8) is 0 Å². The van der Waals surface area contributed by atoms with Gasteiger partial charge in [0.2, 0.25) is 0 Å². The van der Waals surface area contributed by atoms with Gasteiger partial charge in [-0.25, -0.2) is 0 Å². The molecule has 1 N–H and O–H groups in total. The minimum atomic E-state index is -0.952. The van der Waals surface area contributed by atoms with Crippen molar-refractivity contribution in [2.45, 2.75) is 20.1 Å². The van der Waals surface area contributed by atoms with Crippen LogP contribution in [0.25, 0.3) is 16.9 Å². The zero-order valence-electron chi connectivity index (χ0n) is 12.2. The summed E-state index contributed by atoms with van der Waals surface area (Å²) in [7, 11) is 0. The fourth-order valence-electron chi connectivity index (χ4n) is 2.51. The van der Waals surface area contributed by atoms with Gasteiger partial charge < -0.3 is 14.2 Å². The smallest absolute Gasteiger partial charge is 0.183 e. The largest absolute Gasteiger partial charge is 0.364 e. The van der Waals surface area contributed by atoms with Crippen molar-refractivity contribution in [3.05, 3.63) is 59.9 Å². The lowest BCUT2D eigenvalue weighted by Gasteiger charge is -2.12. The second-order valence-electron chi connectivity index (χ2n) is 4.97. The van der Waals surface area contributed by atoms with Gasteiger partial charge in [-0.2, -0.15) is 0 Å². The summed E-state index contributed by atoms with van der Waals surface area (Å²) >= 11 is 0. The Morgan fingerprint density at radius 1 is 1.29 bits per heavy atom. The van der Waals surface area contributed by atoms with Crippen LogP contribution in [0.1, 0.15) is 24.3 Å². The number of aromatic nitrogens is 2. The number of fused-ring (bicyclic) bond motifs is 1. The maximum atomic E-state index is 10.3. The van der Waals surface area contributed by atoms with E-state index in [1.165, 1.54) is 0 Å². The van der Waals surface area contributed by atoms with Crippen LogP contribution in [0.15, 0.2) is 48.8 Å². The number of pyridine rings is 2. The molecule has 3 aromatic heterocycles. The molecular formula is C17H18N2O2. The molecule has 108 valence electrons. The lowest BCUT2D eigenvalue weighted by molar-refractivity contribution is -0.0975.